The highest BCUT2D eigenvalue weighted by molar-refractivity contribution is 5.90. The number of ether oxygens (including phenoxy) is 1. The van der Waals surface area contributed by atoms with Crippen LogP contribution in [0.15, 0.2) is 24.3 Å². The third-order valence-electron chi connectivity index (χ3n) is 2.21. The maximum atomic E-state index is 11.6. The molecule has 18 heavy (non-hydrogen) atoms. The van der Waals surface area contributed by atoms with Gasteiger partial charge in [-0.3, -0.25) is 10.1 Å². The molecule has 0 fully saturated rings. The smallest absolute Gasteiger partial charge is 0.270 e. The number of rotatable bonds is 4. The van der Waals surface area contributed by atoms with Crippen molar-refractivity contribution in [1.82, 2.24) is 20.2 Å². The minimum Gasteiger partial charge on any atom is -0.483 e. The summed E-state index contributed by atoms with van der Waals surface area (Å²) in [5, 5.41) is 13.6. The quantitative estimate of drug-likeness (QED) is 0.852. The number of amides is 1. The Bertz CT molecular complexity index is 552. The number of para-hydroxylation sites is 1. The van der Waals surface area contributed by atoms with Gasteiger partial charge >= 0.3 is 0 Å². The van der Waals surface area contributed by atoms with Crippen LogP contribution in [0, 0.1) is 6.92 Å². The van der Waals surface area contributed by atoms with E-state index >= 15 is 0 Å². The topological polar surface area (TPSA) is 81.9 Å². The van der Waals surface area contributed by atoms with Crippen LogP contribution in [0.25, 0.3) is 0 Å². The average molecular weight is 247 g/mol. The lowest BCUT2D eigenvalue weighted by molar-refractivity contribution is -0.118. The Labute approximate surface area is 104 Å². The van der Waals surface area contributed by atoms with Gasteiger partial charge in [0.15, 0.2) is 6.61 Å². The monoisotopic (exact) mass is 247 g/mol. The molecule has 0 spiro atoms. The van der Waals surface area contributed by atoms with E-state index in [-0.39, 0.29) is 18.5 Å². The van der Waals surface area contributed by atoms with Crippen molar-refractivity contribution >= 4 is 11.9 Å². The molecular formula is C11H13N5O2. The van der Waals surface area contributed by atoms with Crippen LogP contribution in [0.1, 0.15) is 5.56 Å². The van der Waals surface area contributed by atoms with Gasteiger partial charge in [0.05, 0.1) is 7.05 Å². The molecule has 94 valence electrons. The van der Waals surface area contributed by atoms with Gasteiger partial charge in [-0.2, -0.15) is 4.80 Å². The van der Waals surface area contributed by atoms with Crippen molar-refractivity contribution in [2.24, 2.45) is 7.05 Å². The fraction of sp³-hybridized carbons (Fsp3) is 0.273. The number of hydrogen-bond donors (Lipinski definition) is 1. The number of hydrogen-bond acceptors (Lipinski definition) is 5. The standard InChI is InChI=1S/C11H13N5O2/c1-8-5-3-4-6-9(8)18-7-10(17)12-11-13-15-16(2)14-11/h3-6H,7H2,1-2H3,(H,12,14,17). The van der Waals surface area contributed by atoms with E-state index < -0.39 is 0 Å². The van der Waals surface area contributed by atoms with Gasteiger partial charge in [0.2, 0.25) is 0 Å². The number of tetrazole rings is 1. The van der Waals surface area contributed by atoms with Crippen LogP contribution < -0.4 is 10.1 Å². The SMILES string of the molecule is Cc1ccccc1OCC(=O)Nc1nnn(C)n1. The van der Waals surface area contributed by atoms with E-state index in [0.29, 0.717) is 5.75 Å². The van der Waals surface area contributed by atoms with Crippen LogP contribution in [0.4, 0.5) is 5.95 Å². The normalized spacial score (nSPS) is 10.1. The predicted octanol–water partition coefficient (Wildman–Crippen LogP) is 0.536. The van der Waals surface area contributed by atoms with Crippen molar-refractivity contribution in [2.75, 3.05) is 11.9 Å². The molecule has 2 aromatic rings. The molecule has 0 saturated heterocycles. The molecule has 0 saturated carbocycles. The zero-order valence-corrected chi connectivity index (χ0v) is 10.1. The lowest BCUT2D eigenvalue weighted by Gasteiger charge is -2.07. The molecule has 7 heteroatoms. The molecule has 0 aliphatic rings. The second kappa shape index (κ2) is 5.26. The van der Waals surface area contributed by atoms with E-state index in [9.17, 15) is 4.79 Å². The number of nitrogens with one attached hydrogen (secondary N) is 1. The van der Waals surface area contributed by atoms with Crippen molar-refractivity contribution in [1.29, 1.82) is 0 Å². The number of aromatic nitrogens is 4. The summed E-state index contributed by atoms with van der Waals surface area (Å²) in [5.41, 5.74) is 0.975. The maximum absolute atomic E-state index is 11.6. The summed E-state index contributed by atoms with van der Waals surface area (Å²) in [6.45, 7) is 1.82. The molecule has 7 nitrogen and oxygen atoms in total. The highest BCUT2D eigenvalue weighted by atomic mass is 16.5. The first-order chi connectivity index (χ1) is 8.65. The summed E-state index contributed by atoms with van der Waals surface area (Å²) in [6.07, 6.45) is 0. The van der Waals surface area contributed by atoms with Gasteiger partial charge in [-0.05, 0) is 23.8 Å². The Kier molecular flexibility index (Phi) is 3.52. The van der Waals surface area contributed by atoms with Gasteiger partial charge in [0.25, 0.3) is 11.9 Å². The molecule has 1 heterocycles. The third kappa shape index (κ3) is 3.03. The van der Waals surface area contributed by atoms with Gasteiger partial charge in [0, 0.05) is 0 Å². The first kappa shape index (κ1) is 12.0. The first-order valence-electron chi connectivity index (χ1n) is 5.37. The van der Waals surface area contributed by atoms with E-state index in [4.69, 9.17) is 4.74 Å². The molecule has 0 bridgehead atoms. The van der Waals surface area contributed by atoms with Gasteiger partial charge in [0.1, 0.15) is 5.75 Å². The Morgan fingerprint density at radius 2 is 2.22 bits per heavy atom. The number of anilines is 1. The summed E-state index contributed by atoms with van der Waals surface area (Å²) in [5.74, 6) is 0.516. The van der Waals surface area contributed by atoms with Crippen molar-refractivity contribution in [3.8, 4) is 5.75 Å². The number of aryl methyl sites for hydroxylation is 2. The fourth-order valence-electron chi connectivity index (χ4n) is 1.36. The van der Waals surface area contributed by atoms with Crippen molar-refractivity contribution < 1.29 is 9.53 Å². The minimum atomic E-state index is -0.328. The second-order valence-corrected chi connectivity index (χ2v) is 3.70. The average Bonchev–Trinajstić information content (AvgIpc) is 2.74. The van der Waals surface area contributed by atoms with Crippen molar-refractivity contribution in [2.45, 2.75) is 6.92 Å². The fourth-order valence-corrected chi connectivity index (χ4v) is 1.36. The Morgan fingerprint density at radius 3 is 2.89 bits per heavy atom. The molecule has 1 amide bonds. The summed E-state index contributed by atoms with van der Waals surface area (Å²) >= 11 is 0. The summed E-state index contributed by atoms with van der Waals surface area (Å²) in [4.78, 5) is 12.8. The number of carbonyl (C=O) groups excluding carboxylic acids is 1. The second-order valence-electron chi connectivity index (χ2n) is 3.70. The number of carbonyl (C=O) groups is 1. The van der Waals surface area contributed by atoms with Crippen LogP contribution in [0.3, 0.4) is 0 Å². The molecule has 0 unspecified atom stereocenters. The molecule has 0 radical (unpaired) electrons. The highest BCUT2D eigenvalue weighted by Crippen LogP contribution is 2.15. The van der Waals surface area contributed by atoms with E-state index in [1.807, 2.05) is 31.2 Å². The Hall–Kier alpha value is -2.44. The molecule has 0 atom stereocenters. The maximum Gasteiger partial charge on any atom is 0.270 e. The van der Waals surface area contributed by atoms with Crippen LogP contribution in [0.5, 0.6) is 5.75 Å². The van der Waals surface area contributed by atoms with Gasteiger partial charge in [-0.15, -0.1) is 5.10 Å². The minimum absolute atomic E-state index is 0.0941. The lowest BCUT2D eigenvalue weighted by atomic mass is 10.2. The molecule has 1 aromatic carbocycles. The Balaban J connectivity index is 1.87. The molecule has 0 aliphatic heterocycles. The summed E-state index contributed by atoms with van der Waals surface area (Å²) < 4.78 is 5.38. The predicted molar refractivity (Wildman–Crippen MR) is 64.1 cm³/mol. The van der Waals surface area contributed by atoms with E-state index in [2.05, 4.69) is 20.7 Å². The zero-order valence-electron chi connectivity index (χ0n) is 10.1. The highest BCUT2D eigenvalue weighted by Gasteiger charge is 2.08. The van der Waals surface area contributed by atoms with E-state index in [1.165, 1.54) is 4.80 Å². The van der Waals surface area contributed by atoms with Crippen LogP contribution in [0.2, 0.25) is 0 Å². The van der Waals surface area contributed by atoms with Gasteiger partial charge in [-0.25, -0.2) is 0 Å². The van der Waals surface area contributed by atoms with Crippen molar-refractivity contribution in [3.05, 3.63) is 29.8 Å². The van der Waals surface area contributed by atoms with E-state index in [1.54, 1.807) is 7.05 Å². The molecule has 1 aromatic heterocycles. The zero-order chi connectivity index (χ0) is 13.0. The van der Waals surface area contributed by atoms with Gasteiger partial charge in [-0.1, -0.05) is 23.3 Å². The summed E-state index contributed by atoms with van der Waals surface area (Å²) in [7, 11) is 1.62. The number of nitrogens with zero attached hydrogens (tertiary/aromatic N) is 4. The summed E-state index contributed by atoms with van der Waals surface area (Å²) in [6, 6.07) is 7.48. The third-order valence-corrected chi connectivity index (χ3v) is 2.21. The van der Waals surface area contributed by atoms with Crippen LogP contribution in [-0.2, 0) is 11.8 Å². The van der Waals surface area contributed by atoms with E-state index in [0.717, 1.165) is 5.56 Å². The van der Waals surface area contributed by atoms with Crippen LogP contribution >= 0.6 is 0 Å². The molecule has 1 N–H and O–H groups in total. The number of benzene rings is 1. The van der Waals surface area contributed by atoms with Crippen LogP contribution in [-0.4, -0.2) is 32.7 Å². The first-order valence-corrected chi connectivity index (χ1v) is 5.37. The Morgan fingerprint density at radius 1 is 1.44 bits per heavy atom. The van der Waals surface area contributed by atoms with Gasteiger partial charge < -0.3 is 4.74 Å². The molecule has 2 rings (SSSR count). The largest absolute Gasteiger partial charge is 0.483 e. The molecular weight excluding hydrogens is 234 g/mol. The molecule has 0 aliphatic carbocycles. The van der Waals surface area contributed by atoms with Crippen molar-refractivity contribution in [3.63, 3.8) is 0 Å². The lowest BCUT2D eigenvalue weighted by Crippen LogP contribution is -2.21.